The van der Waals surface area contributed by atoms with Crippen LogP contribution in [-0.4, -0.2) is 37.6 Å². The molecule has 4 rings (SSSR count). The third kappa shape index (κ3) is 4.14. The van der Waals surface area contributed by atoms with Crippen LogP contribution >= 0.6 is 11.3 Å². The van der Waals surface area contributed by atoms with Crippen LogP contribution in [0, 0.1) is 19.8 Å². The number of benzene rings is 1. The van der Waals surface area contributed by atoms with Gasteiger partial charge in [-0.3, -0.25) is 9.59 Å². The van der Waals surface area contributed by atoms with Crippen molar-refractivity contribution in [3.05, 3.63) is 45.3 Å². The number of hydrogen-bond donors (Lipinski definition) is 2. The van der Waals surface area contributed by atoms with Crippen molar-refractivity contribution in [1.29, 1.82) is 0 Å². The van der Waals surface area contributed by atoms with E-state index < -0.39 is 15.9 Å². The lowest BCUT2D eigenvalue weighted by molar-refractivity contribution is -0.120. The average molecular weight is 462 g/mol. The maximum atomic E-state index is 13.1. The average Bonchev–Trinajstić information content (AvgIpc) is 3.31. The number of carbonyl (C=O) groups excluding carboxylic acids is 2. The number of nitrogens with zero attached hydrogens (tertiary/aromatic N) is 1. The molecule has 1 aromatic carbocycles. The van der Waals surface area contributed by atoms with Gasteiger partial charge in [-0.2, -0.15) is 4.31 Å². The van der Waals surface area contributed by atoms with E-state index in [0.29, 0.717) is 41.4 Å². The minimum atomic E-state index is -3.57. The molecule has 2 amide bonds. The molecule has 2 heterocycles. The van der Waals surface area contributed by atoms with Crippen molar-refractivity contribution in [3.8, 4) is 0 Å². The molecule has 2 aliphatic rings. The Morgan fingerprint density at radius 1 is 1.13 bits per heavy atom. The van der Waals surface area contributed by atoms with Gasteiger partial charge in [0.2, 0.25) is 15.9 Å². The molecule has 0 spiro atoms. The predicted octanol–water partition coefficient (Wildman–Crippen LogP) is 2.99. The Morgan fingerprint density at radius 2 is 1.81 bits per heavy atom. The lowest BCUT2D eigenvalue weighted by Crippen LogP contribution is -2.41. The van der Waals surface area contributed by atoms with Crippen molar-refractivity contribution in [2.45, 2.75) is 50.8 Å². The molecule has 0 atom stereocenters. The van der Waals surface area contributed by atoms with Crippen LogP contribution in [0.25, 0.3) is 0 Å². The number of fused-ring (bicyclic) bond motifs is 1. The Kier molecular flexibility index (Phi) is 5.93. The number of nitrogens with one attached hydrogen (secondary N) is 1. The molecule has 1 saturated heterocycles. The van der Waals surface area contributed by atoms with E-state index in [9.17, 15) is 18.0 Å². The van der Waals surface area contributed by atoms with Crippen molar-refractivity contribution in [1.82, 2.24) is 4.31 Å². The lowest BCUT2D eigenvalue weighted by Gasteiger charge is -2.30. The molecule has 9 heteroatoms. The molecule has 0 radical (unpaired) electrons. The highest BCUT2D eigenvalue weighted by Gasteiger charge is 2.33. The fraction of sp³-hybridized carbons (Fsp3) is 0.455. The van der Waals surface area contributed by atoms with E-state index >= 15 is 0 Å². The predicted molar refractivity (Wildman–Crippen MR) is 121 cm³/mol. The SMILES string of the molecule is Cc1sc(NC(=O)C2CCN(S(=O)(=O)c3ccc4c(c3)CCC4)CC2)c(C(N)=O)c1C. The summed E-state index contributed by atoms with van der Waals surface area (Å²) in [4.78, 5) is 25.8. The summed E-state index contributed by atoms with van der Waals surface area (Å²) >= 11 is 1.33. The summed E-state index contributed by atoms with van der Waals surface area (Å²) in [5.74, 6) is -1.07. The molecular formula is C22H27N3O4S2. The molecule has 0 unspecified atom stereocenters. The van der Waals surface area contributed by atoms with E-state index in [1.807, 2.05) is 26.0 Å². The molecule has 1 aliphatic carbocycles. The van der Waals surface area contributed by atoms with Crippen LogP contribution in [0.2, 0.25) is 0 Å². The van der Waals surface area contributed by atoms with Crippen LogP contribution in [0.3, 0.4) is 0 Å². The third-order valence-corrected chi connectivity index (χ3v) is 9.42. The molecule has 0 saturated carbocycles. The van der Waals surface area contributed by atoms with Gasteiger partial charge in [-0.25, -0.2) is 8.42 Å². The molecule has 31 heavy (non-hydrogen) atoms. The fourth-order valence-electron chi connectivity index (χ4n) is 4.44. The van der Waals surface area contributed by atoms with Gasteiger partial charge >= 0.3 is 0 Å². The topological polar surface area (TPSA) is 110 Å². The van der Waals surface area contributed by atoms with Gasteiger partial charge in [0.15, 0.2) is 0 Å². The first-order chi connectivity index (χ1) is 14.7. The second-order valence-corrected chi connectivity index (χ2v) is 11.5. The lowest BCUT2D eigenvalue weighted by atomic mass is 9.97. The second-order valence-electron chi connectivity index (χ2n) is 8.30. The fourth-order valence-corrected chi connectivity index (χ4v) is 7.03. The molecule has 1 fully saturated rings. The number of piperidine rings is 1. The van der Waals surface area contributed by atoms with Gasteiger partial charge in [0.25, 0.3) is 5.91 Å². The van der Waals surface area contributed by atoms with E-state index in [2.05, 4.69) is 5.32 Å². The van der Waals surface area contributed by atoms with Gasteiger partial charge in [-0.05, 0) is 74.8 Å². The number of carbonyl (C=O) groups is 2. The van der Waals surface area contributed by atoms with Crippen molar-refractivity contribution in [2.24, 2.45) is 11.7 Å². The summed E-state index contributed by atoms with van der Waals surface area (Å²) in [5, 5.41) is 3.32. The van der Waals surface area contributed by atoms with E-state index in [-0.39, 0.29) is 11.8 Å². The van der Waals surface area contributed by atoms with E-state index in [4.69, 9.17) is 5.73 Å². The van der Waals surface area contributed by atoms with Crippen molar-refractivity contribution >= 4 is 38.2 Å². The number of thiophene rings is 1. The third-order valence-electron chi connectivity index (χ3n) is 6.40. The largest absolute Gasteiger partial charge is 0.365 e. The zero-order valence-electron chi connectivity index (χ0n) is 17.7. The summed E-state index contributed by atoms with van der Waals surface area (Å²) < 4.78 is 27.7. The molecule has 7 nitrogen and oxygen atoms in total. The van der Waals surface area contributed by atoms with Crippen LogP contribution < -0.4 is 11.1 Å². The highest BCUT2D eigenvalue weighted by atomic mass is 32.2. The molecule has 2 aromatic rings. The van der Waals surface area contributed by atoms with E-state index in [0.717, 1.165) is 35.3 Å². The Hall–Kier alpha value is -2.23. The number of hydrogen-bond acceptors (Lipinski definition) is 5. The van der Waals surface area contributed by atoms with Crippen molar-refractivity contribution in [3.63, 3.8) is 0 Å². The Labute approximate surface area is 186 Å². The molecule has 0 bridgehead atoms. The first kappa shape index (κ1) is 22.0. The summed E-state index contributed by atoms with van der Waals surface area (Å²) in [6.45, 7) is 4.28. The standard InChI is InChI=1S/C22H27N3O4S2/c1-13-14(2)30-22(19(13)20(23)26)24-21(27)16-8-10-25(11-9-16)31(28,29)18-7-6-15-4-3-5-17(15)12-18/h6-7,12,16H,3-5,8-11H2,1-2H3,(H2,23,26)(H,24,27). The zero-order valence-corrected chi connectivity index (χ0v) is 19.4. The Morgan fingerprint density at radius 3 is 2.48 bits per heavy atom. The van der Waals surface area contributed by atoms with E-state index in [1.165, 1.54) is 21.2 Å². The number of sulfonamides is 1. The van der Waals surface area contributed by atoms with Gasteiger partial charge < -0.3 is 11.1 Å². The number of anilines is 1. The van der Waals surface area contributed by atoms with Gasteiger partial charge in [0, 0.05) is 23.9 Å². The Bertz CT molecular complexity index is 1150. The minimum absolute atomic E-state index is 0.196. The number of aryl methyl sites for hydroxylation is 3. The van der Waals surface area contributed by atoms with Crippen LogP contribution in [-0.2, 0) is 27.7 Å². The minimum Gasteiger partial charge on any atom is -0.365 e. The molecule has 1 aromatic heterocycles. The first-order valence-corrected chi connectivity index (χ1v) is 12.8. The summed E-state index contributed by atoms with van der Waals surface area (Å²) in [6.07, 6.45) is 3.88. The number of primary amides is 1. The summed E-state index contributed by atoms with van der Waals surface area (Å²) in [5.41, 5.74) is 8.98. The zero-order chi connectivity index (χ0) is 22.3. The van der Waals surface area contributed by atoms with Gasteiger partial charge in [0.1, 0.15) is 5.00 Å². The van der Waals surface area contributed by atoms with Gasteiger partial charge in [-0.15, -0.1) is 11.3 Å². The normalized spacial score (nSPS) is 17.5. The van der Waals surface area contributed by atoms with Crippen molar-refractivity contribution < 1.29 is 18.0 Å². The summed E-state index contributed by atoms with van der Waals surface area (Å²) in [6, 6.07) is 5.44. The molecule has 3 N–H and O–H groups in total. The molecule has 166 valence electrons. The summed E-state index contributed by atoms with van der Waals surface area (Å²) in [7, 11) is -3.57. The smallest absolute Gasteiger partial charge is 0.251 e. The van der Waals surface area contributed by atoms with Crippen LogP contribution in [0.1, 0.15) is 51.2 Å². The number of rotatable bonds is 5. The van der Waals surface area contributed by atoms with Gasteiger partial charge in [0.05, 0.1) is 10.5 Å². The highest BCUT2D eigenvalue weighted by Crippen LogP contribution is 2.33. The highest BCUT2D eigenvalue weighted by molar-refractivity contribution is 7.89. The van der Waals surface area contributed by atoms with Gasteiger partial charge in [-0.1, -0.05) is 6.07 Å². The van der Waals surface area contributed by atoms with Crippen LogP contribution in [0.4, 0.5) is 5.00 Å². The monoisotopic (exact) mass is 461 g/mol. The number of amides is 2. The van der Waals surface area contributed by atoms with Crippen LogP contribution in [0.15, 0.2) is 23.1 Å². The van der Waals surface area contributed by atoms with E-state index in [1.54, 1.807) is 6.07 Å². The van der Waals surface area contributed by atoms with Crippen LogP contribution in [0.5, 0.6) is 0 Å². The number of nitrogens with two attached hydrogens (primary N) is 1. The Balaban J connectivity index is 1.42. The second kappa shape index (κ2) is 8.37. The quantitative estimate of drug-likeness (QED) is 0.713. The maximum Gasteiger partial charge on any atom is 0.251 e. The molecule has 1 aliphatic heterocycles. The first-order valence-electron chi connectivity index (χ1n) is 10.5. The van der Waals surface area contributed by atoms with Crippen molar-refractivity contribution in [2.75, 3.05) is 18.4 Å². The molecular weight excluding hydrogens is 434 g/mol. The maximum absolute atomic E-state index is 13.1.